The number of phenolic OH excluding ortho intramolecular Hbond substituents is 1. The number of phenols is 1. The minimum Gasteiger partial charge on any atom is -0.508 e. The van der Waals surface area contributed by atoms with Gasteiger partial charge in [0.1, 0.15) is 23.9 Å². The average molecular weight is 478 g/mol. The first-order chi connectivity index (χ1) is 16.0. The van der Waals surface area contributed by atoms with Crippen LogP contribution in [0.4, 0.5) is 4.79 Å². The number of nitrogens with zero attached hydrogens (tertiary/aromatic N) is 1. The van der Waals surface area contributed by atoms with Crippen LogP contribution in [0.25, 0.3) is 0 Å². The first-order valence-corrected chi connectivity index (χ1v) is 11.5. The number of rotatable bonds is 10. The predicted octanol–water partition coefficient (Wildman–Crippen LogP) is 2.41. The molecule has 1 aliphatic carbocycles. The van der Waals surface area contributed by atoms with E-state index in [2.05, 4.69) is 10.6 Å². The maximum absolute atomic E-state index is 13.3. The number of aromatic hydroxyl groups is 1. The number of hydrogen-bond acceptors (Lipinski definition) is 7. The van der Waals surface area contributed by atoms with Crippen LogP contribution in [-0.2, 0) is 23.9 Å². The summed E-state index contributed by atoms with van der Waals surface area (Å²) in [5.74, 6) is -1.31. The number of hydrogen-bond donors (Lipinski definition) is 3. The Kier molecular flexibility index (Phi) is 9.70. The second-order valence-electron chi connectivity index (χ2n) is 9.08. The number of carbonyl (C=O) groups excluding carboxylic acids is 4. The molecule has 3 N–H and O–H groups in total. The summed E-state index contributed by atoms with van der Waals surface area (Å²) >= 11 is 0. The van der Waals surface area contributed by atoms with E-state index in [-0.39, 0.29) is 37.9 Å². The number of esters is 1. The van der Waals surface area contributed by atoms with Crippen molar-refractivity contribution >= 4 is 23.9 Å². The third-order valence-electron chi connectivity index (χ3n) is 5.21. The lowest BCUT2D eigenvalue weighted by molar-refractivity contribution is -0.146. The highest BCUT2D eigenvalue weighted by Crippen LogP contribution is 2.33. The molecule has 0 radical (unpaired) electrons. The van der Waals surface area contributed by atoms with Crippen molar-refractivity contribution in [2.45, 2.75) is 71.1 Å². The summed E-state index contributed by atoms with van der Waals surface area (Å²) in [4.78, 5) is 51.7. The van der Waals surface area contributed by atoms with Gasteiger partial charge in [-0.05, 0) is 64.7 Å². The number of ether oxygens (including phenoxy) is 2. The van der Waals surface area contributed by atoms with Gasteiger partial charge in [-0.3, -0.25) is 14.4 Å². The average Bonchev–Trinajstić information content (AvgIpc) is 2.70. The lowest BCUT2D eigenvalue weighted by Crippen LogP contribution is -2.54. The van der Waals surface area contributed by atoms with Gasteiger partial charge in [-0.25, -0.2) is 4.79 Å². The van der Waals surface area contributed by atoms with E-state index in [0.717, 1.165) is 19.3 Å². The van der Waals surface area contributed by atoms with Crippen molar-refractivity contribution in [2.24, 2.45) is 0 Å². The fourth-order valence-electron chi connectivity index (χ4n) is 3.49. The highest BCUT2D eigenvalue weighted by molar-refractivity contribution is 5.91. The van der Waals surface area contributed by atoms with Crippen LogP contribution in [0.3, 0.4) is 0 Å². The fraction of sp³-hybridized carbons (Fsp3) is 0.583. The first-order valence-electron chi connectivity index (χ1n) is 11.5. The van der Waals surface area contributed by atoms with Crippen molar-refractivity contribution in [1.82, 2.24) is 15.5 Å². The van der Waals surface area contributed by atoms with E-state index >= 15 is 0 Å². The maximum Gasteiger partial charge on any atom is 0.408 e. The molecule has 1 aliphatic rings. The van der Waals surface area contributed by atoms with Gasteiger partial charge in [0.2, 0.25) is 11.8 Å². The zero-order valence-corrected chi connectivity index (χ0v) is 20.3. The minimum atomic E-state index is -0.999. The highest BCUT2D eigenvalue weighted by Gasteiger charge is 2.38. The van der Waals surface area contributed by atoms with E-state index in [4.69, 9.17) is 9.47 Å². The number of alkyl carbamates (subject to hydrolysis) is 1. The van der Waals surface area contributed by atoms with Gasteiger partial charge in [0, 0.05) is 12.6 Å². The Bertz CT molecular complexity index is 860. The quantitative estimate of drug-likeness (QED) is 0.441. The summed E-state index contributed by atoms with van der Waals surface area (Å²) in [6.45, 7) is 6.82. The predicted molar refractivity (Wildman–Crippen MR) is 124 cm³/mol. The van der Waals surface area contributed by atoms with Crippen LogP contribution in [0, 0.1) is 0 Å². The summed E-state index contributed by atoms with van der Waals surface area (Å²) in [5, 5.41) is 14.9. The third kappa shape index (κ3) is 8.24. The summed E-state index contributed by atoms with van der Waals surface area (Å²) in [5.41, 5.74) is -0.210. The van der Waals surface area contributed by atoms with Crippen molar-refractivity contribution in [1.29, 1.82) is 0 Å². The molecule has 1 fully saturated rings. The van der Waals surface area contributed by atoms with Crippen molar-refractivity contribution < 1.29 is 33.8 Å². The fourth-order valence-corrected chi connectivity index (χ4v) is 3.49. The zero-order valence-electron chi connectivity index (χ0n) is 20.3. The largest absolute Gasteiger partial charge is 0.508 e. The zero-order chi connectivity index (χ0) is 25.3. The Morgan fingerprint density at radius 2 is 1.76 bits per heavy atom. The van der Waals surface area contributed by atoms with Crippen LogP contribution in [0.1, 0.15) is 65.0 Å². The molecule has 0 saturated heterocycles. The monoisotopic (exact) mass is 477 g/mol. The Morgan fingerprint density at radius 1 is 1.12 bits per heavy atom. The molecule has 188 valence electrons. The van der Waals surface area contributed by atoms with Crippen LogP contribution >= 0.6 is 0 Å². The SMILES string of the molecule is CCOC(=O)CCNC(=O)C(c1ccc(O)cc1)N(C(=O)CNC(=O)OC(C)(C)C)C1CCC1. The molecule has 0 spiro atoms. The molecule has 2 rings (SSSR count). The van der Waals surface area contributed by atoms with E-state index in [9.17, 15) is 24.3 Å². The van der Waals surface area contributed by atoms with Crippen molar-refractivity contribution in [3.63, 3.8) is 0 Å². The molecule has 0 bridgehead atoms. The van der Waals surface area contributed by atoms with E-state index in [0.29, 0.717) is 5.56 Å². The first kappa shape index (κ1) is 26.9. The molecule has 1 aromatic carbocycles. The van der Waals surface area contributed by atoms with Gasteiger partial charge in [-0.15, -0.1) is 0 Å². The summed E-state index contributed by atoms with van der Waals surface area (Å²) in [6, 6.07) is 4.85. The van der Waals surface area contributed by atoms with Gasteiger partial charge in [-0.1, -0.05) is 12.1 Å². The third-order valence-corrected chi connectivity index (χ3v) is 5.21. The molecule has 1 aromatic rings. The molecule has 1 unspecified atom stereocenters. The van der Waals surface area contributed by atoms with Gasteiger partial charge < -0.3 is 30.1 Å². The Morgan fingerprint density at radius 3 is 2.29 bits per heavy atom. The van der Waals surface area contributed by atoms with Crippen LogP contribution in [0.5, 0.6) is 5.75 Å². The Labute approximate surface area is 200 Å². The molecule has 0 aromatic heterocycles. The van der Waals surface area contributed by atoms with E-state index in [1.807, 2.05) is 0 Å². The number of nitrogens with one attached hydrogen (secondary N) is 2. The molecule has 3 amide bonds. The van der Waals surface area contributed by atoms with Crippen molar-refractivity contribution in [2.75, 3.05) is 19.7 Å². The van der Waals surface area contributed by atoms with E-state index in [1.165, 1.54) is 17.0 Å². The molecule has 1 saturated carbocycles. The smallest absolute Gasteiger partial charge is 0.408 e. The summed E-state index contributed by atoms with van der Waals surface area (Å²) < 4.78 is 10.1. The summed E-state index contributed by atoms with van der Waals surface area (Å²) in [6.07, 6.45) is 1.64. The highest BCUT2D eigenvalue weighted by atomic mass is 16.6. The number of benzene rings is 1. The van der Waals surface area contributed by atoms with Gasteiger partial charge >= 0.3 is 12.1 Å². The van der Waals surface area contributed by atoms with Gasteiger partial charge in [0.05, 0.1) is 13.0 Å². The second kappa shape index (κ2) is 12.2. The molecule has 10 nitrogen and oxygen atoms in total. The van der Waals surface area contributed by atoms with Crippen LogP contribution < -0.4 is 10.6 Å². The lowest BCUT2D eigenvalue weighted by atomic mass is 9.88. The van der Waals surface area contributed by atoms with E-state index < -0.39 is 35.5 Å². The molecular weight excluding hydrogens is 442 g/mol. The maximum atomic E-state index is 13.3. The summed E-state index contributed by atoms with van der Waals surface area (Å²) in [7, 11) is 0. The molecule has 0 heterocycles. The standard InChI is InChI=1S/C24H35N3O7/c1-5-33-20(30)13-14-25-22(31)21(16-9-11-18(28)12-10-16)27(17-7-6-8-17)19(29)15-26-23(32)34-24(2,3)4/h9-12,17,21,28H,5-8,13-15H2,1-4H3,(H,25,31)(H,26,32). The normalized spacial score (nSPS) is 14.4. The van der Waals surface area contributed by atoms with E-state index in [1.54, 1.807) is 39.8 Å². The van der Waals surface area contributed by atoms with Crippen LogP contribution in [-0.4, -0.2) is 65.2 Å². The molecular formula is C24H35N3O7. The van der Waals surface area contributed by atoms with Crippen molar-refractivity contribution in [3.8, 4) is 5.75 Å². The molecule has 10 heteroatoms. The van der Waals surface area contributed by atoms with Crippen LogP contribution in [0.15, 0.2) is 24.3 Å². The lowest BCUT2D eigenvalue weighted by Gasteiger charge is -2.42. The van der Waals surface area contributed by atoms with Gasteiger partial charge in [0.25, 0.3) is 0 Å². The Balaban J connectivity index is 2.21. The van der Waals surface area contributed by atoms with Gasteiger partial charge in [-0.2, -0.15) is 0 Å². The molecule has 1 atom stereocenters. The van der Waals surface area contributed by atoms with Crippen molar-refractivity contribution in [3.05, 3.63) is 29.8 Å². The van der Waals surface area contributed by atoms with Gasteiger partial charge in [0.15, 0.2) is 0 Å². The second-order valence-corrected chi connectivity index (χ2v) is 9.08. The Hall–Kier alpha value is -3.30. The number of amides is 3. The molecule has 0 aliphatic heterocycles. The topological polar surface area (TPSA) is 134 Å². The minimum absolute atomic E-state index is 0.000543. The van der Waals surface area contributed by atoms with Crippen LogP contribution in [0.2, 0.25) is 0 Å². The number of carbonyl (C=O) groups is 4. The molecule has 34 heavy (non-hydrogen) atoms.